The van der Waals surface area contributed by atoms with Gasteiger partial charge >= 0.3 is 0 Å². The van der Waals surface area contributed by atoms with Crippen molar-refractivity contribution in [1.29, 1.82) is 0 Å². The van der Waals surface area contributed by atoms with E-state index < -0.39 is 18.0 Å². The Labute approximate surface area is 82.6 Å². The van der Waals surface area contributed by atoms with E-state index in [1.165, 1.54) is 4.90 Å². The monoisotopic (exact) mass is 200 g/mol. The number of hydrogen-bond acceptors (Lipinski definition) is 4. The Bertz CT molecular complexity index is 241. The van der Waals surface area contributed by atoms with Crippen LogP contribution in [0.5, 0.6) is 0 Å². The van der Waals surface area contributed by atoms with E-state index in [-0.39, 0.29) is 5.91 Å². The van der Waals surface area contributed by atoms with Gasteiger partial charge < -0.3 is 21.7 Å². The van der Waals surface area contributed by atoms with Crippen LogP contribution in [0.15, 0.2) is 0 Å². The minimum Gasteiger partial charge on any atom is -0.368 e. The van der Waals surface area contributed by atoms with Crippen molar-refractivity contribution in [1.82, 2.24) is 10.2 Å². The number of carbonyl (C=O) groups is 2. The fourth-order valence-electron chi connectivity index (χ4n) is 1.48. The molecule has 1 saturated heterocycles. The van der Waals surface area contributed by atoms with E-state index in [4.69, 9.17) is 11.5 Å². The SMILES string of the molecule is CC(N)C(=O)N1CCNCC1C(N)=O. The molecule has 1 aliphatic heterocycles. The number of primary amides is 1. The zero-order chi connectivity index (χ0) is 10.7. The maximum Gasteiger partial charge on any atom is 0.241 e. The van der Waals surface area contributed by atoms with Crippen molar-refractivity contribution in [2.75, 3.05) is 19.6 Å². The van der Waals surface area contributed by atoms with Crippen LogP contribution in [-0.2, 0) is 9.59 Å². The largest absolute Gasteiger partial charge is 0.368 e. The Morgan fingerprint density at radius 3 is 2.71 bits per heavy atom. The summed E-state index contributed by atoms with van der Waals surface area (Å²) < 4.78 is 0. The number of nitrogens with zero attached hydrogens (tertiary/aromatic N) is 1. The molecule has 0 radical (unpaired) electrons. The molecular weight excluding hydrogens is 184 g/mol. The fourth-order valence-corrected chi connectivity index (χ4v) is 1.48. The van der Waals surface area contributed by atoms with Gasteiger partial charge in [-0.25, -0.2) is 0 Å². The third kappa shape index (κ3) is 2.21. The van der Waals surface area contributed by atoms with Gasteiger partial charge in [0.2, 0.25) is 11.8 Å². The van der Waals surface area contributed by atoms with E-state index in [0.717, 1.165) is 0 Å². The molecule has 1 rings (SSSR count). The number of carbonyl (C=O) groups excluding carboxylic acids is 2. The molecule has 0 aliphatic carbocycles. The van der Waals surface area contributed by atoms with Crippen LogP contribution >= 0.6 is 0 Å². The van der Waals surface area contributed by atoms with Crippen LogP contribution in [0.25, 0.3) is 0 Å². The minimum atomic E-state index is -0.588. The van der Waals surface area contributed by atoms with Gasteiger partial charge in [0.25, 0.3) is 0 Å². The van der Waals surface area contributed by atoms with E-state index in [9.17, 15) is 9.59 Å². The number of rotatable bonds is 2. The summed E-state index contributed by atoms with van der Waals surface area (Å²) in [5.74, 6) is -0.721. The average molecular weight is 200 g/mol. The van der Waals surface area contributed by atoms with Gasteiger partial charge in [-0.05, 0) is 6.92 Å². The molecule has 0 saturated carbocycles. The minimum absolute atomic E-state index is 0.227. The lowest BCUT2D eigenvalue weighted by molar-refractivity contribution is -0.141. The summed E-state index contributed by atoms with van der Waals surface area (Å²) in [6.45, 7) is 3.16. The zero-order valence-electron chi connectivity index (χ0n) is 8.19. The first-order valence-corrected chi connectivity index (χ1v) is 4.60. The van der Waals surface area contributed by atoms with Gasteiger partial charge in [0.1, 0.15) is 6.04 Å². The quantitative estimate of drug-likeness (QED) is 0.463. The normalized spacial score (nSPS) is 24.4. The van der Waals surface area contributed by atoms with Gasteiger partial charge in [0.15, 0.2) is 0 Å². The molecule has 0 aromatic rings. The molecule has 0 spiro atoms. The van der Waals surface area contributed by atoms with Gasteiger partial charge in [-0.1, -0.05) is 0 Å². The van der Waals surface area contributed by atoms with Gasteiger partial charge in [0, 0.05) is 19.6 Å². The highest BCUT2D eigenvalue weighted by Gasteiger charge is 2.31. The zero-order valence-corrected chi connectivity index (χ0v) is 8.19. The predicted molar refractivity (Wildman–Crippen MR) is 51.2 cm³/mol. The summed E-state index contributed by atoms with van der Waals surface area (Å²) >= 11 is 0. The highest BCUT2D eigenvalue weighted by atomic mass is 16.2. The Morgan fingerprint density at radius 2 is 2.21 bits per heavy atom. The van der Waals surface area contributed by atoms with Crippen LogP contribution in [0, 0.1) is 0 Å². The number of nitrogens with two attached hydrogens (primary N) is 2. The van der Waals surface area contributed by atoms with Gasteiger partial charge in [0.05, 0.1) is 6.04 Å². The molecule has 6 nitrogen and oxygen atoms in total. The van der Waals surface area contributed by atoms with Crippen molar-refractivity contribution in [2.45, 2.75) is 19.0 Å². The first kappa shape index (κ1) is 10.9. The van der Waals surface area contributed by atoms with Crippen molar-refractivity contribution >= 4 is 11.8 Å². The lowest BCUT2D eigenvalue weighted by atomic mass is 10.1. The number of piperazine rings is 1. The molecular formula is C8H16N4O2. The summed E-state index contributed by atoms with van der Waals surface area (Å²) in [5.41, 5.74) is 10.6. The van der Waals surface area contributed by atoms with Crippen LogP contribution in [-0.4, -0.2) is 48.4 Å². The van der Waals surface area contributed by atoms with Crippen LogP contribution in [0.4, 0.5) is 0 Å². The Morgan fingerprint density at radius 1 is 1.57 bits per heavy atom. The third-order valence-corrected chi connectivity index (χ3v) is 2.24. The van der Waals surface area contributed by atoms with Gasteiger partial charge in [-0.3, -0.25) is 9.59 Å². The Kier molecular flexibility index (Phi) is 3.43. The van der Waals surface area contributed by atoms with E-state index >= 15 is 0 Å². The first-order valence-electron chi connectivity index (χ1n) is 4.60. The summed E-state index contributed by atoms with van der Waals surface area (Å²) in [7, 11) is 0. The maximum atomic E-state index is 11.6. The molecule has 2 amide bonds. The number of nitrogens with one attached hydrogen (secondary N) is 1. The lowest BCUT2D eigenvalue weighted by Gasteiger charge is -2.35. The molecule has 14 heavy (non-hydrogen) atoms. The second-order valence-electron chi connectivity index (χ2n) is 3.44. The maximum absolute atomic E-state index is 11.6. The predicted octanol–water partition coefficient (Wildman–Crippen LogP) is -2.38. The summed E-state index contributed by atoms with van der Waals surface area (Å²) in [5, 5.41) is 3.00. The van der Waals surface area contributed by atoms with Crippen LogP contribution in [0.3, 0.4) is 0 Å². The highest BCUT2D eigenvalue weighted by molar-refractivity contribution is 5.89. The second-order valence-corrected chi connectivity index (χ2v) is 3.44. The molecule has 0 aromatic heterocycles. The molecule has 1 aliphatic rings. The Hall–Kier alpha value is -1.14. The van der Waals surface area contributed by atoms with Crippen molar-refractivity contribution in [3.8, 4) is 0 Å². The summed E-state index contributed by atoms with van der Waals surface area (Å²) in [6, 6.07) is -1.16. The summed E-state index contributed by atoms with van der Waals surface area (Å²) in [6.07, 6.45) is 0. The number of amides is 2. The van der Waals surface area contributed by atoms with E-state index in [1.807, 2.05) is 0 Å². The standard InChI is InChI=1S/C8H16N4O2/c1-5(9)8(14)12-3-2-11-4-6(12)7(10)13/h5-6,11H,2-4,9H2,1H3,(H2,10,13). The van der Waals surface area contributed by atoms with Crippen molar-refractivity contribution in [2.24, 2.45) is 11.5 Å². The van der Waals surface area contributed by atoms with Crippen LogP contribution in [0.2, 0.25) is 0 Å². The molecule has 0 bridgehead atoms. The molecule has 1 heterocycles. The highest BCUT2D eigenvalue weighted by Crippen LogP contribution is 2.04. The van der Waals surface area contributed by atoms with Crippen LogP contribution in [0.1, 0.15) is 6.92 Å². The summed E-state index contributed by atoms with van der Waals surface area (Å²) in [4.78, 5) is 24.1. The number of hydrogen-bond donors (Lipinski definition) is 3. The van der Waals surface area contributed by atoms with E-state index in [0.29, 0.717) is 19.6 Å². The van der Waals surface area contributed by atoms with E-state index in [1.54, 1.807) is 6.92 Å². The molecule has 1 fully saturated rings. The van der Waals surface area contributed by atoms with Crippen molar-refractivity contribution < 1.29 is 9.59 Å². The molecule has 6 heteroatoms. The van der Waals surface area contributed by atoms with Crippen LogP contribution < -0.4 is 16.8 Å². The molecule has 2 atom stereocenters. The lowest BCUT2D eigenvalue weighted by Crippen LogP contribution is -2.61. The third-order valence-electron chi connectivity index (χ3n) is 2.24. The fraction of sp³-hybridized carbons (Fsp3) is 0.750. The Balaban J connectivity index is 2.72. The molecule has 2 unspecified atom stereocenters. The second kappa shape index (κ2) is 4.39. The van der Waals surface area contributed by atoms with Crippen molar-refractivity contribution in [3.05, 3.63) is 0 Å². The molecule has 5 N–H and O–H groups in total. The van der Waals surface area contributed by atoms with Gasteiger partial charge in [-0.15, -0.1) is 0 Å². The van der Waals surface area contributed by atoms with Gasteiger partial charge in [-0.2, -0.15) is 0 Å². The topological polar surface area (TPSA) is 101 Å². The van der Waals surface area contributed by atoms with E-state index in [2.05, 4.69) is 5.32 Å². The van der Waals surface area contributed by atoms with Crippen molar-refractivity contribution in [3.63, 3.8) is 0 Å². The average Bonchev–Trinajstić information content (AvgIpc) is 2.16. The molecule has 0 aromatic carbocycles. The smallest absolute Gasteiger partial charge is 0.241 e. The first-order chi connectivity index (χ1) is 6.54. The molecule has 80 valence electrons.